The van der Waals surface area contributed by atoms with Crippen LogP contribution in [0.4, 0.5) is 5.69 Å². The predicted octanol–water partition coefficient (Wildman–Crippen LogP) is 4.49. The molecule has 0 bridgehead atoms. The van der Waals surface area contributed by atoms with E-state index in [9.17, 15) is 0 Å². The molecule has 1 nitrogen and oxygen atoms in total. The third-order valence-electron chi connectivity index (χ3n) is 3.34. The average Bonchev–Trinajstić information content (AvgIpc) is 2.30. The van der Waals surface area contributed by atoms with Crippen LogP contribution in [-0.4, -0.2) is 18.4 Å². The maximum atomic E-state index is 3.63. The molecule has 0 N–H and O–H groups in total. The summed E-state index contributed by atoms with van der Waals surface area (Å²) in [4.78, 5) is 2.47. The first kappa shape index (κ1) is 14.6. The molecule has 0 spiro atoms. The summed E-state index contributed by atoms with van der Waals surface area (Å²) >= 11 is 3.63. The van der Waals surface area contributed by atoms with Crippen molar-refractivity contribution in [3.63, 3.8) is 0 Å². The van der Waals surface area contributed by atoms with Gasteiger partial charge in [-0.15, -0.1) is 0 Å². The van der Waals surface area contributed by atoms with Crippen LogP contribution in [0, 0.1) is 18.8 Å². The van der Waals surface area contributed by atoms with Gasteiger partial charge >= 0.3 is 0 Å². The standard InChI is InChI=1S/C15H24BrN/c1-5-17(11-14(10-16)12(2)3)15-8-6-7-13(4)9-15/h6-9,12,14H,5,10-11H2,1-4H3. The Labute approximate surface area is 114 Å². The number of aryl methyl sites for hydroxylation is 1. The van der Waals surface area contributed by atoms with Gasteiger partial charge in [-0.2, -0.15) is 0 Å². The Morgan fingerprint density at radius 2 is 2.00 bits per heavy atom. The fourth-order valence-corrected chi connectivity index (χ4v) is 2.92. The first-order valence-electron chi connectivity index (χ1n) is 6.46. The third kappa shape index (κ3) is 4.34. The van der Waals surface area contributed by atoms with Gasteiger partial charge in [0.1, 0.15) is 0 Å². The van der Waals surface area contributed by atoms with Crippen LogP contribution in [0.1, 0.15) is 26.3 Å². The molecule has 0 aliphatic heterocycles. The maximum Gasteiger partial charge on any atom is 0.0368 e. The van der Waals surface area contributed by atoms with Crippen LogP contribution in [0.5, 0.6) is 0 Å². The molecule has 1 aromatic carbocycles. The zero-order valence-corrected chi connectivity index (χ0v) is 13.0. The molecule has 0 fully saturated rings. The van der Waals surface area contributed by atoms with Gasteiger partial charge in [-0.1, -0.05) is 41.9 Å². The van der Waals surface area contributed by atoms with Crippen LogP contribution in [-0.2, 0) is 0 Å². The van der Waals surface area contributed by atoms with Crippen LogP contribution in [0.25, 0.3) is 0 Å². The Hall–Kier alpha value is -0.500. The smallest absolute Gasteiger partial charge is 0.0368 e. The molecule has 1 rings (SSSR count). The van der Waals surface area contributed by atoms with Crippen molar-refractivity contribution in [2.45, 2.75) is 27.7 Å². The summed E-state index contributed by atoms with van der Waals surface area (Å²) in [7, 11) is 0. The monoisotopic (exact) mass is 297 g/mol. The summed E-state index contributed by atoms with van der Waals surface area (Å²) in [6, 6.07) is 8.78. The van der Waals surface area contributed by atoms with Crippen molar-refractivity contribution in [1.29, 1.82) is 0 Å². The summed E-state index contributed by atoms with van der Waals surface area (Å²) in [6.07, 6.45) is 0. The van der Waals surface area contributed by atoms with Gasteiger partial charge in [-0.05, 0) is 43.4 Å². The fourth-order valence-electron chi connectivity index (χ4n) is 1.96. The van der Waals surface area contributed by atoms with E-state index in [4.69, 9.17) is 0 Å². The molecule has 2 heteroatoms. The lowest BCUT2D eigenvalue weighted by molar-refractivity contribution is 0.427. The number of halogens is 1. The molecule has 0 amide bonds. The molecular weight excluding hydrogens is 274 g/mol. The van der Waals surface area contributed by atoms with Crippen molar-refractivity contribution < 1.29 is 0 Å². The van der Waals surface area contributed by atoms with E-state index in [1.54, 1.807) is 0 Å². The maximum absolute atomic E-state index is 3.63. The Morgan fingerprint density at radius 3 is 2.47 bits per heavy atom. The van der Waals surface area contributed by atoms with Gasteiger partial charge < -0.3 is 4.90 Å². The molecule has 1 unspecified atom stereocenters. The molecule has 0 radical (unpaired) electrons. The normalized spacial score (nSPS) is 12.8. The highest BCUT2D eigenvalue weighted by atomic mass is 79.9. The van der Waals surface area contributed by atoms with E-state index in [2.05, 4.69) is 72.8 Å². The number of anilines is 1. The van der Waals surface area contributed by atoms with Crippen LogP contribution in [0.2, 0.25) is 0 Å². The summed E-state index contributed by atoms with van der Waals surface area (Å²) in [5.41, 5.74) is 2.68. The summed E-state index contributed by atoms with van der Waals surface area (Å²) < 4.78 is 0. The minimum atomic E-state index is 0.704. The molecule has 17 heavy (non-hydrogen) atoms. The minimum absolute atomic E-state index is 0.704. The Kier molecular flexibility index (Phi) is 6.04. The number of benzene rings is 1. The number of nitrogens with zero attached hydrogens (tertiary/aromatic N) is 1. The highest BCUT2D eigenvalue weighted by Crippen LogP contribution is 2.21. The topological polar surface area (TPSA) is 3.24 Å². The van der Waals surface area contributed by atoms with E-state index in [1.807, 2.05) is 0 Å². The second-order valence-electron chi connectivity index (χ2n) is 5.04. The molecule has 0 aromatic heterocycles. The number of hydrogen-bond acceptors (Lipinski definition) is 1. The number of hydrogen-bond donors (Lipinski definition) is 0. The van der Waals surface area contributed by atoms with E-state index >= 15 is 0 Å². The highest BCUT2D eigenvalue weighted by molar-refractivity contribution is 9.09. The van der Waals surface area contributed by atoms with Crippen molar-refractivity contribution in [2.75, 3.05) is 23.3 Å². The molecule has 96 valence electrons. The molecule has 1 atom stereocenters. The zero-order valence-electron chi connectivity index (χ0n) is 11.4. The minimum Gasteiger partial charge on any atom is -0.371 e. The Bertz CT molecular complexity index is 335. The van der Waals surface area contributed by atoms with Gasteiger partial charge in [-0.3, -0.25) is 0 Å². The predicted molar refractivity (Wildman–Crippen MR) is 81.2 cm³/mol. The van der Waals surface area contributed by atoms with Crippen LogP contribution in [0.15, 0.2) is 24.3 Å². The van der Waals surface area contributed by atoms with E-state index in [-0.39, 0.29) is 0 Å². The van der Waals surface area contributed by atoms with Gasteiger partial charge in [0.25, 0.3) is 0 Å². The zero-order chi connectivity index (χ0) is 12.8. The number of rotatable bonds is 6. The molecule has 1 aromatic rings. The lowest BCUT2D eigenvalue weighted by Gasteiger charge is -2.29. The summed E-state index contributed by atoms with van der Waals surface area (Å²) in [5.74, 6) is 1.42. The first-order valence-corrected chi connectivity index (χ1v) is 7.58. The molecule has 0 saturated heterocycles. The van der Waals surface area contributed by atoms with E-state index in [1.165, 1.54) is 11.3 Å². The van der Waals surface area contributed by atoms with Crippen LogP contribution in [0.3, 0.4) is 0 Å². The van der Waals surface area contributed by atoms with Crippen molar-refractivity contribution in [1.82, 2.24) is 0 Å². The SMILES string of the molecule is CCN(CC(CBr)C(C)C)c1cccc(C)c1. The first-order chi connectivity index (χ1) is 8.08. The lowest BCUT2D eigenvalue weighted by Crippen LogP contribution is -2.32. The summed E-state index contributed by atoms with van der Waals surface area (Å²) in [6.45, 7) is 11.2. The average molecular weight is 298 g/mol. The Morgan fingerprint density at radius 1 is 1.29 bits per heavy atom. The fraction of sp³-hybridized carbons (Fsp3) is 0.600. The van der Waals surface area contributed by atoms with Crippen molar-refractivity contribution in [2.24, 2.45) is 11.8 Å². The van der Waals surface area contributed by atoms with E-state index in [0.29, 0.717) is 11.8 Å². The van der Waals surface area contributed by atoms with Crippen LogP contribution < -0.4 is 4.90 Å². The van der Waals surface area contributed by atoms with E-state index < -0.39 is 0 Å². The number of alkyl halides is 1. The molecule has 0 heterocycles. The van der Waals surface area contributed by atoms with Crippen molar-refractivity contribution in [3.8, 4) is 0 Å². The lowest BCUT2D eigenvalue weighted by atomic mass is 9.97. The quantitative estimate of drug-likeness (QED) is 0.699. The third-order valence-corrected chi connectivity index (χ3v) is 4.18. The second kappa shape index (κ2) is 7.05. The van der Waals surface area contributed by atoms with Crippen molar-refractivity contribution in [3.05, 3.63) is 29.8 Å². The van der Waals surface area contributed by atoms with Gasteiger partial charge in [0.2, 0.25) is 0 Å². The van der Waals surface area contributed by atoms with Gasteiger partial charge in [-0.25, -0.2) is 0 Å². The van der Waals surface area contributed by atoms with E-state index in [0.717, 1.165) is 18.4 Å². The molecule has 0 aliphatic carbocycles. The highest BCUT2D eigenvalue weighted by Gasteiger charge is 2.16. The molecular formula is C15H24BrN. The summed E-state index contributed by atoms with van der Waals surface area (Å²) in [5, 5.41) is 1.08. The van der Waals surface area contributed by atoms with Gasteiger partial charge in [0.05, 0.1) is 0 Å². The van der Waals surface area contributed by atoms with Crippen molar-refractivity contribution >= 4 is 21.6 Å². The molecule has 0 aliphatic rings. The Balaban J connectivity index is 2.78. The van der Waals surface area contributed by atoms with Crippen LogP contribution >= 0.6 is 15.9 Å². The second-order valence-corrected chi connectivity index (χ2v) is 5.68. The van der Waals surface area contributed by atoms with Gasteiger partial charge in [0, 0.05) is 24.1 Å². The molecule has 0 saturated carbocycles. The van der Waals surface area contributed by atoms with Gasteiger partial charge in [0.15, 0.2) is 0 Å². The largest absolute Gasteiger partial charge is 0.371 e.